The molecule has 3 heteroatoms. The predicted molar refractivity (Wildman–Crippen MR) is 37.9 cm³/mol. The number of aromatic nitrogens is 2. The minimum Gasteiger partial charge on any atom is -0.276 e. The quantitative estimate of drug-likeness (QED) is 0.582. The molecule has 0 aromatic carbocycles. The molecule has 1 aromatic rings. The van der Waals surface area contributed by atoms with Crippen molar-refractivity contribution in [1.82, 2.24) is 9.55 Å². The van der Waals surface area contributed by atoms with Crippen LogP contribution >= 0.6 is 0 Å². The number of hydrogen-bond donors (Lipinski definition) is 0. The van der Waals surface area contributed by atoms with Gasteiger partial charge in [-0.3, -0.25) is 9.36 Å². The molecule has 0 amide bonds. The zero-order valence-corrected chi connectivity index (χ0v) is 6.16. The van der Waals surface area contributed by atoms with Gasteiger partial charge in [-0.1, -0.05) is 6.92 Å². The highest BCUT2D eigenvalue weighted by molar-refractivity contribution is 5.75. The first-order chi connectivity index (χ1) is 4.74. The first-order valence-electron chi connectivity index (χ1n) is 3.28. The average Bonchev–Trinajstić information content (AvgIpc) is 2.34. The Kier molecular flexibility index (Phi) is 1.85. The Hall–Kier alpha value is -1.12. The van der Waals surface area contributed by atoms with Crippen LogP contribution in [-0.2, 0) is 6.42 Å². The molecule has 0 fully saturated rings. The standard InChI is InChI=1S/C7H10N2O/c1-3-7-4-9(5-8-7)6(2)10/h4-5H,3H2,1-2H3. The molecule has 0 saturated heterocycles. The predicted octanol–water partition coefficient (Wildman–Crippen LogP) is 1.11. The van der Waals surface area contributed by atoms with E-state index in [9.17, 15) is 4.79 Å². The molecule has 0 unspecified atom stereocenters. The van der Waals surface area contributed by atoms with Gasteiger partial charge in [-0.2, -0.15) is 0 Å². The summed E-state index contributed by atoms with van der Waals surface area (Å²) in [5, 5.41) is 0. The second-order valence-corrected chi connectivity index (χ2v) is 2.14. The van der Waals surface area contributed by atoms with Crippen molar-refractivity contribution in [2.45, 2.75) is 20.3 Å². The van der Waals surface area contributed by atoms with Crippen LogP contribution in [0, 0.1) is 0 Å². The molecular weight excluding hydrogens is 128 g/mol. The van der Waals surface area contributed by atoms with Crippen molar-refractivity contribution in [3.8, 4) is 0 Å². The second kappa shape index (κ2) is 2.64. The molecule has 0 atom stereocenters. The minimum atomic E-state index is 0.00667. The third kappa shape index (κ3) is 1.23. The molecule has 54 valence electrons. The van der Waals surface area contributed by atoms with Gasteiger partial charge in [-0.25, -0.2) is 4.98 Å². The van der Waals surface area contributed by atoms with E-state index in [0.29, 0.717) is 0 Å². The molecule has 1 rings (SSSR count). The summed E-state index contributed by atoms with van der Waals surface area (Å²) in [6.45, 7) is 3.52. The van der Waals surface area contributed by atoms with Gasteiger partial charge in [-0.05, 0) is 6.42 Å². The normalized spacial score (nSPS) is 9.80. The number of nitrogens with zero attached hydrogens (tertiary/aromatic N) is 2. The molecule has 0 saturated carbocycles. The van der Waals surface area contributed by atoms with Crippen molar-refractivity contribution >= 4 is 5.91 Å². The fourth-order valence-corrected chi connectivity index (χ4v) is 0.718. The number of imidazole rings is 1. The first kappa shape index (κ1) is 6.99. The van der Waals surface area contributed by atoms with Gasteiger partial charge in [0, 0.05) is 13.1 Å². The second-order valence-electron chi connectivity index (χ2n) is 2.14. The van der Waals surface area contributed by atoms with E-state index in [1.807, 2.05) is 6.92 Å². The SMILES string of the molecule is CCc1cn(C(C)=O)cn1. The maximum Gasteiger partial charge on any atom is 0.228 e. The van der Waals surface area contributed by atoms with Crippen molar-refractivity contribution < 1.29 is 4.79 Å². The molecular formula is C7H10N2O. The van der Waals surface area contributed by atoms with Gasteiger partial charge in [0.25, 0.3) is 0 Å². The molecule has 0 spiro atoms. The minimum absolute atomic E-state index is 0.00667. The van der Waals surface area contributed by atoms with Crippen LogP contribution in [0.4, 0.5) is 0 Å². The molecule has 0 aliphatic carbocycles. The van der Waals surface area contributed by atoms with Crippen LogP contribution in [0.3, 0.4) is 0 Å². The molecule has 0 N–H and O–H groups in total. The largest absolute Gasteiger partial charge is 0.276 e. The van der Waals surface area contributed by atoms with Gasteiger partial charge in [-0.15, -0.1) is 0 Å². The van der Waals surface area contributed by atoms with E-state index in [-0.39, 0.29) is 5.91 Å². The van der Waals surface area contributed by atoms with Gasteiger partial charge < -0.3 is 0 Å². The maximum atomic E-state index is 10.7. The Labute approximate surface area is 59.7 Å². The molecule has 10 heavy (non-hydrogen) atoms. The van der Waals surface area contributed by atoms with Crippen LogP contribution in [0.15, 0.2) is 12.5 Å². The Balaban J connectivity index is 2.88. The monoisotopic (exact) mass is 138 g/mol. The van der Waals surface area contributed by atoms with Crippen molar-refractivity contribution in [2.75, 3.05) is 0 Å². The van der Waals surface area contributed by atoms with Gasteiger partial charge in [0.1, 0.15) is 6.33 Å². The van der Waals surface area contributed by atoms with E-state index in [2.05, 4.69) is 4.98 Å². The summed E-state index contributed by atoms with van der Waals surface area (Å²) in [6, 6.07) is 0. The zero-order valence-electron chi connectivity index (χ0n) is 6.16. The number of hydrogen-bond acceptors (Lipinski definition) is 2. The summed E-state index contributed by atoms with van der Waals surface area (Å²) >= 11 is 0. The maximum absolute atomic E-state index is 10.7. The Bertz CT molecular complexity index is 240. The highest BCUT2D eigenvalue weighted by atomic mass is 16.1. The fourth-order valence-electron chi connectivity index (χ4n) is 0.718. The van der Waals surface area contributed by atoms with Crippen molar-refractivity contribution in [1.29, 1.82) is 0 Å². The van der Waals surface area contributed by atoms with Gasteiger partial charge in [0.15, 0.2) is 0 Å². The lowest BCUT2D eigenvalue weighted by atomic mass is 10.4. The topological polar surface area (TPSA) is 34.9 Å². The molecule has 0 aliphatic heterocycles. The van der Waals surface area contributed by atoms with E-state index < -0.39 is 0 Å². The van der Waals surface area contributed by atoms with Crippen molar-refractivity contribution in [2.24, 2.45) is 0 Å². The summed E-state index contributed by atoms with van der Waals surface area (Å²) in [4.78, 5) is 14.7. The van der Waals surface area contributed by atoms with Gasteiger partial charge >= 0.3 is 0 Å². The molecule has 1 aromatic heterocycles. The average molecular weight is 138 g/mol. The highest BCUT2D eigenvalue weighted by Gasteiger charge is 1.97. The van der Waals surface area contributed by atoms with Gasteiger partial charge in [0.2, 0.25) is 5.91 Å². The summed E-state index contributed by atoms with van der Waals surface area (Å²) in [6.07, 6.45) is 4.17. The highest BCUT2D eigenvalue weighted by Crippen LogP contribution is 1.95. The van der Waals surface area contributed by atoms with Crippen LogP contribution < -0.4 is 0 Å². The lowest BCUT2D eigenvalue weighted by Crippen LogP contribution is -2.01. The lowest BCUT2D eigenvalue weighted by Gasteiger charge is -1.88. The molecule has 3 nitrogen and oxygen atoms in total. The Morgan fingerprint density at radius 2 is 2.50 bits per heavy atom. The third-order valence-electron chi connectivity index (χ3n) is 1.36. The van der Waals surface area contributed by atoms with E-state index in [4.69, 9.17) is 0 Å². The van der Waals surface area contributed by atoms with E-state index >= 15 is 0 Å². The third-order valence-corrected chi connectivity index (χ3v) is 1.36. The summed E-state index contributed by atoms with van der Waals surface area (Å²) in [5.74, 6) is 0.00667. The molecule has 0 aliphatic rings. The molecule has 0 radical (unpaired) electrons. The van der Waals surface area contributed by atoms with E-state index in [0.717, 1.165) is 12.1 Å². The van der Waals surface area contributed by atoms with Crippen molar-refractivity contribution in [3.63, 3.8) is 0 Å². The molecule has 1 heterocycles. The number of aryl methyl sites for hydroxylation is 1. The first-order valence-corrected chi connectivity index (χ1v) is 3.28. The lowest BCUT2D eigenvalue weighted by molar-refractivity contribution is 0.0936. The number of rotatable bonds is 1. The molecule has 0 bridgehead atoms. The van der Waals surface area contributed by atoms with Crippen LogP contribution in [0.1, 0.15) is 24.3 Å². The summed E-state index contributed by atoms with van der Waals surface area (Å²) in [7, 11) is 0. The van der Waals surface area contributed by atoms with Gasteiger partial charge in [0.05, 0.1) is 5.69 Å². The smallest absolute Gasteiger partial charge is 0.228 e. The van der Waals surface area contributed by atoms with Crippen LogP contribution in [-0.4, -0.2) is 15.5 Å². The fraction of sp³-hybridized carbons (Fsp3) is 0.429. The number of carbonyl (C=O) groups excluding carboxylic acids is 1. The Morgan fingerprint density at radius 3 is 2.80 bits per heavy atom. The zero-order chi connectivity index (χ0) is 7.56. The summed E-state index contributed by atoms with van der Waals surface area (Å²) < 4.78 is 1.48. The van der Waals surface area contributed by atoms with E-state index in [1.165, 1.54) is 11.5 Å². The van der Waals surface area contributed by atoms with Crippen molar-refractivity contribution in [3.05, 3.63) is 18.2 Å². The van der Waals surface area contributed by atoms with Crippen LogP contribution in [0.5, 0.6) is 0 Å². The van der Waals surface area contributed by atoms with Crippen LogP contribution in [0.25, 0.3) is 0 Å². The van der Waals surface area contributed by atoms with Crippen LogP contribution in [0.2, 0.25) is 0 Å². The Morgan fingerprint density at radius 1 is 1.80 bits per heavy atom. The number of carbonyl (C=O) groups is 1. The summed E-state index contributed by atoms with van der Waals surface area (Å²) in [5.41, 5.74) is 0.954. The van der Waals surface area contributed by atoms with E-state index in [1.54, 1.807) is 12.5 Å².